The topological polar surface area (TPSA) is 72.5 Å². The molecule has 2 bridgehead atoms. The molecule has 154 valence electrons. The second kappa shape index (κ2) is 6.91. The number of nitrogens with zero attached hydrogens (tertiary/aromatic N) is 5. The molecule has 0 spiro atoms. The Labute approximate surface area is 178 Å². The summed E-state index contributed by atoms with van der Waals surface area (Å²) in [6.45, 7) is 1.94. The lowest BCUT2D eigenvalue weighted by Crippen LogP contribution is -2.49. The molecule has 2 aliphatic rings. The Bertz CT molecular complexity index is 1360. The van der Waals surface area contributed by atoms with Crippen LogP contribution in [0.25, 0.3) is 16.8 Å². The summed E-state index contributed by atoms with van der Waals surface area (Å²) >= 11 is 0. The summed E-state index contributed by atoms with van der Waals surface area (Å²) < 4.78 is 3.65. The van der Waals surface area contributed by atoms with E-state index in [0.29, 0.717) is 25.2 Å². The van der Waals surface area contributed by atoms with Crippen molar-refractivity contribution in [2.75, 3.05) is 13.1 Å². The van der Waals surface area contributed by atoms with Gasteiger partial charge in [-0.05, 0) is 48.7 Å². The van der Waals surface area contributed by atoms with Crippen LogP contribution in [0.3, 0.4) is 0 Å². The van der Waals surface area contributed by atoms with Crippen LogP contribution in [0.5, 0.6) is 0 Å². The minimum atomic E-state index is 0.0128. The van der Waals surface area contributed by atoms with Gasteiger partial charge in [0.05, 0.1) is 11.2 Å². The summed E-state index contributed by atoms with van der Waals surface area (Å²) in [5.41, 5.74) is 4.23. The molecule has 7 nitrogen and oxygen atoms in total. The molecule has 6 rings (SSSR count). The molecule has 0 saturated carbocycles. The maximum absolute atomic E-state index is 13.3. The van der Waals surface area contributed by atoms with E-state index in [2.05, 4.69) is 16.1 Å². The summed E-state index contributed by atoms with van der Waals surface area (Å²) in [6, 6.07) is 15.1. The van der Waals surface area contributed by atoms with Crippen LogP contribution in [-0.4, -0.2) is 43.1 Å². The highest BCUT2D eigenvalue weighted by Gasteiger charge is 2.37. The lowest BCUT2D eigenvalue weighted by molar-refractivity contribution is 0.0594. The lowest BCUT2D eigenvalue weighted by atomic mass is 9.82. The van der Waals surface area contributed by atoms with Gasteiger partial charge in [-0.3, -0.25) is 14.6 Å². The molecule has 0 radical (unpaired) electrons. The van der Waals surface area contributed by atoms with Crippen LogP contribution in [0.15, 0.2) is 71.9 Å². The van der Waals surface area contributed by atoms with Crippen LogP contribution >= 0.6 is 0 Å². The van der Waals surface area contributed by atoms with Gasteiger partial charge in [0.25, 0.3) is 11.5 Å². The quantitative estimate of drug-likeness (QED) is 0.509. The molecule has 6 heterocycles. The third kappa shape index (κ3) is 3.04. The fourth-order valence-corrected chi connectivity index (χ4v) is 5.04. The molecule has 7 heteroatoms. The number of carbonyl (C=O) groups excluding carboxylic acids is 1. The number of hydrogen-bond acceptors (Lipinski definition) is 4. The third-order valence-corrected chi connectivity index (χ3v) is 6.45. The Morgan fingerprint density at radius 1 is 1.00 bits per heavy atom. The first-order valence-electron chi connectivity index (χ1n) is 10.5. The third-order valence-electron chi connectivity index (χ3n) is 6.45. The predicted octanol–water partition coefficient (Wildman–Crippen LogP) is 2.82. The van der Waals surface area contributed by atoms with Crippen LogP contribution in [0, 0.1) is 5.92 Å². The summed E-state index contributed by atoms with van der Waals surface area (Å²) in [6.07, 6.45) is 6.28. The second-order valence-corrected chi connectivity index (χ2v) is 8.46. The number of likely N-dealkylation sites (tertiary alicyclic amines) is 1. The van der Waals surface area contributed by atoms with Gasteiger partial charge in [0, 0.05) is 67.0 Å². The zero-order chi connectivity index (χ0) is 20.9. The van der Waals surface area contributed by atoms with E-state index in [1.165, 1.54) is 0 Å². The minimum Gasteiger partial charge on any atom is -0.338 e. The summed E-state index contributed by atoms with van der Waals surface area (Å²) in [5, 5.41) is 4.20. The molecule has 0 aliphatic carbocycles. The van der Waals surface area contributed by atoms with E-state index in [1.807, 2.05) is 52.1 Å². The summed E-state index contributed by atoms with van der Waals surface area (Å²) in [4.78, 5) is 32.5. The molecular weight excluding hydrogens is 390 g/mol. The highest BCUT2D eigenvalue weighted by atomic mass is 16.2. The number of fused-ring (bicyclic) bond motifs is 5. The van der Waals surface area contributed by atoms with E-state index >= 15 is 0 Å². The molecule has 1 amide bonds. The highest BCUT2D eigenvalue weighted by molar-refractivity contribution is 5.95. The van der Waals surface area contributed by atoms with Crippen molar-refractivity contribution in [3.05, 3.63) is 88.7 Å². The Balaban J connectivity index is 1.34. The largest absolute Gasteiger partial charge is 0.338 e. The van der Waals surface area contributed by atoms with Crippen LogP contribution in [-0.2, 0) is 6.54 Å². The maximum atomic E-state index is 13.3. The molecule has 1 fully saturated rings. The zero-order valence-electron chi connectivity index (χ0n) is 16.9. The molecule has 0 N–H and O–H groups in total. The molecule has 31 heavy (non-hydrogen) atoms. The van der Waals surface area contributed by atoms with E-state index in [0.717, 1.165) is 28.9 Å². The fraction of sp³-hybridized carbons (Fsp3) is 0.250. The van der Waals surface area contributed by atoms with E-state index in [-0.39, 0.29) is 23.3 Å². The molecule has 4 aromatic rings. The maximum Gasteiger partial charge on any atom is 0.254 e. The standard InChI is InChI=1S/C24H21N5O2/c30-23-12-18(21-3-1-2-6-25-21)11-22-19-9-16(14-28(22)23)13-27(15-19)24(31)17-5-8-29-20(10-17)4-7-26-29/h1-8,10-12,16,19H,9,13-15H2/t16-,19+/m0/s1. The average molecular weight is 411 g/mol. The lowest BCUT2D eigenvalue weighted by Gasteiger charge is -2.43. The summed E-state index contributed by atoms with van der Waals surface area (Å²) in [5.74, 6) is 0.467. The van der Waals surface area contributed by atoms with Gasteiger partial charge in [-0.1, -0.05) is 6.07 Å². The van der Waals surface area contributed by atoms with Crippen molar-refractivity contribution >= 4 is 11.4 Å². The molecule has 0 aromatic carbocycles. The van der Waals surface area contributed by atoms with Crippen LogP contribution in [0.2, 0.25) is 0 Å². The van der Waals surface area contributed by atoms with Crippen molar-refractivity contribution < 1.29 is 4.79 Å². The number of carbonyl (C=O) groups is 1. The van der Waals surface area contributed by atoms with Gasteiger partial charge in [-0.15, -0.1) is 0 Å². The smallest absolute Gasteiger partial charge is 0.254 e. The minimum absolute atomic E-state index is 0.0128. The van der Waals surface area contributed by atoms with Crippen molar-refractivity contribution in [2.45, 2.75) is 18.9 Å². The number of pyridine rings is 3. The van der Waals surface area contributed by atoms with Crippen molar-refractivity contribution in [2.24, 2.45) is 5.92 Å². The zero-order valence-corrected chi connectivity index (χ0v) is 16.9. The number of piperidine rings is 1. The first-order chi connectivity index (χ1) is 15.2. The predicted molar refractivity (Wildman–Crippen MR) is 116 cm³/mol. The first kappa shape index (κ1) is 18.1. The SMILES string of the molecule is O=C(c1ccn2nccc2c1)N1C[C@@H]2C[C@H](C1)c1cc(-c3ccccn3)cc(=O)n1C2. The van der Waals surface area contributed by atoms with E-state index < -0.39 is 0 Å². The molecule has 1 saturated heterocycles. The van der Waals surface area contributed by atoms with Crippen molar-refractivity contribution in [1.29, 1.82) is 0 Å². The Morgan fingerprint density at radius 2 is 1.94 bits per heavy atom. The summed E-state index contributed by atoms with van der Waals surface area (Å²) in [7, 11) is 0. The number of amides is 1. The fourth-order valence-electron chi connectivity index (χ4n) is 5.04. The number of rotatable bonds is 2. The molecule has 2 aliphatic heterocycles. The first-order valence-corrected chi connectivity index (χ1v) is 10.5. The van der Waals surface area contributed by atoms with Crippen LogP contribution < -0.4 is 5.56 Å². The highest BCUT2D eigenvalue weighted by Crippen LogP contribution is 2.36. The number of aromatic nitrogens is 4. The van der Waals surface area contributed by atoms with Gasteiger partial charge in [-0.2, -0.15) is 5.10 Å². The van der Waals surface area contributed by atoms with E-state index in [1.54, 1.807) is 23.0 Å². The van der Waals surface area contributed by atoms with E-state index in [9.17, 15) is 9.59 Å². The average Bonchev–Trinajstić information content (AvgIpc) is 3.27. The van der Waals surface area contributed by atoms with Gasteiger partial charge >= 0.3 is 0 Å². The Kier molecular flexibility index (Phi) is 4.02. The van der Waals surface area contributed by atoms with Gasteiger partial charge in [0.2, 0.25) is 0 Å². The van der Waals surface area contributed by atoms with Crippen LogP contribution in [0.1, 0.15) is 28.4 Å². The molecular formula is C24H21N5O2. The molecule has 4 aromatic heterocycles. The Morgan fingerprint density at radius 3 is 2.81 bits per heavy atom. The monoisotopic (exact) mass is 411 g/mol. The van der Waals surface area contributed by atoms with Gasteiger partial charge in [0.15, 0.2) is 0 Å². The van der Waals surface area contributed by atoms with Gasteiger partial charge in [-0.25, -0.2) is 4.52 Å². The second-order valence-electron chi connectivity index (χ2n) is 8.46. The molecule has 0 unspecified atom stereocenters. The van der Waals surface area contributed by atoms with Crippen LogP contribution in [0.4, 0.5) is 0 Å². The normalized spacial score (nSPS) is 19.9. The van der Waals surface area contributed by atoms with Crippen molar-refractivity contribution in [1.82, 2.24) is 24.1 Å². The van der Waals surface area contributed by atoms with Gasteiger partial charge < -0.3 is 9.47 Å². The van der Waals surface area contributed by atoms with Gasteiger partial charge in [0.1, 0.15) is 0 Å². The molecule has 2 atom stereocenters. The van der Waals surface area contributed by atoms with Crippen molar-refractivity contribution in [3.63, 3.8) is 0 Å². The van der Waals surface area contributed by atoms with Crippen molar-refractivity contribution in [3.8, 4) is 11.3 Å². The Hall–Kier alpha value is -3.74. The number of hydrogen-bond donors (Lipinski definition) is 0. The van der Waals surface area contributed by atoms with E-state index in [4.69, 9.17) is 0 Å².